The topological polar surface area (TPSA) is 92.5 Å². The second-order valence-electron chi connectivity index (χ2n) is 5.04. The lowest BCUT2D eigenvalue weighted by atomic mass is 10.1. The summed E-state index contributed by atoms with van der Waals surface area (Å²) in [5.41, 5.74) is 3.98. The number of hydrogen-bond donors (Lipinski definition) is 2. The van der Waals surface area contributed by atoms with E-state index in [0.29, 0.717) is 17.0 Å². The zero-order valence-corrected chi connectivity index (χ0v) is 12.0. The van der Waals surface area contributed by atoms with Gasteiger partial charge in [-0.1, -0.05) is 18.5 Å². The van der Waals surface area contributed by atoms with E-state index in [4.69, 9.17) is 4.52 Å². The summed E-state index contributed by atoms with van der Waals surface area (Å²) in [6.45, 7) is 2.13. The number of nitrogens with one attached hydrogen (secondary N) is 2. The minimum atomic E-state index is 0.635. The van der Waals surface area contributed by atoms with Gasteiger partial charge in [-0.2, -0.15) is 5.10 Å². The first-order valence-corrected chi connectivity index (χ1v) is 7.15. The number of aromatic amines is 1. The fourth-order valence-electron chi connectivity index (χ4n) is 2.46. The SMILES string of the molecule is CCCc1noc2cc(Nc3n[nH]c4nccnc34)ccc12. The molecule has 0 spiro atoms. The van der Waals surface area contributed by atoms with E-state index in [2.05, 4.69) is 37.6 Å². The minimum absolute atomic E-state index is 0.635. The van der Waals surface area contributed by atoms with Crippen LogP contribution in [0.2, 0.25) is 0 Å². The van der Waals surface area contributed by atoms with Crippen molar-refractivity contribution in [3.63, 3.8) is 0 Å². The molecule has 3 heterocycles. The monoisotopic (exact) mass is 294 g/mol. The summed E-state index contributed by atoms with van der Waals surface area (Å²) in [6.07, 6.45) is 5.22. The number of nitrogens with zero attached hydrogens (tertiary/aromatic N) is 4. The maximum Gasteiger partial charge on any atom is 0.180 e. The Labute approximate surface area is 125 Å². The summed E-state index contributed by atoms with van der Waals surface area (Å²) < 4.78 is 5.40. The highest BCUT2D eigenvalue weighted by atomic mass is 16.5. The molecule has 4 aromatic rings. The zero-order valence-electron chi connectivity index (χ0n) is 12.0. The van der Waals surface area contributed by atoms with E-state index in [1.165, 1.54) is 0 Å². The molecule has 4 rings (SSSR count). The summed E-state index contributed by atoms with van der Waals surface area (Å²) in [6, 6.07) is 5.91. The van der Waals surface area contributed by atoms with Crippen LogP contribution in [0.3, 0.4) is 0 Å². The maximum absolute atomic E-state index is 5.40. The van der Waals surface area contributed by atoms with Crippen LogP contribution >= 0.6 is 0 Å². The van der Waals surface area contributed by atoms with Crippen LogP contribution in [0.5, 0.6) is 0 Å². The molecule has 0 aliphatic rings. The Kier molecular flexibility index (Phi) is 2.96. The fourth-order valence-corrected chi connectivity index (χ4v) is 2.46. The number of H-pyrrole nitrogens is 1. The Morgan fingerprint density at radius 2 is 2.14 bits per heavy atom. The third kappa shape index (κ3) is 2.07. The summed E-state index contributed by atoms with van der Waals surface area (Å²) in [5, 5.41) is 15.5. The van der Waals surface area contributed by atoms with Crippen LogP contribution < -0.4 is 5.32 Å². The molecule has 0 radical (unpaired) electrons. The van der Waals surface area contributed by atoms with E-state index in [1.807, 2.05) is 18.2 Å². The molecular formula is C15H14N6O. The highest BCUT2D eigenvalue weighted by Crippen LogP contribution is 2.26. The highest BCUT2D eigenvalue weighted by Gasteiger charge is 2.11. The van der Waals surface area contributed by atoms with Gasteiger partial charge in [0.1, 0.15) is 0 Å². The van der Waals surface area contributed by atoms with Crippen LogP contribution in [0.15, 0.2) is 35.1 Å². The molecular weight excluding hydrogens is 280 g/mol. The molecule has 0 saturated carbocycles. The first-order chi connectivity index (χ1) is 10.8. The summed E-state index contributed by atoms with van der Waals surface area (Å²) in [7, 11) is 0. The van der Waals surface area contributed by atoms with Gasteiger partial charge in [0.25, 0.3) is 0 Å². The van der Waals surface area contributed by atoms with Crippen LogP contribution in [0, 0.1) is 0 Å². The molecule has 7 heteroatoms. The molecule has 2 N–H and O–H groups in total. The number of hydrogen-bond acceptors (Lipinski definition) is 6. The molecule has 22 heavy (non-hydrogen) atoms. The minimum Gasteiger partial charge on any atom is -0.356 e. The number of aromatic nitrogens is 5. The van der Waals surface area contributed by atoms with Gasteiger partial charge in [-0.05, 0) is 18.6 Å². The Morgan fingerprint density at radius 3 is 3.05 bits per heavy atom. The van der Waals surface area contributed by atoms with Crippen LogP contribution in [-0.4, -0.2) is 25.3 Å². The number of anilines is 2. The van der Waals surface area contributed by atoms with E-state index in [-0.39, 0.29) is 0 Å². The van der Waals surface area contributed by atoms with Crippen molar-refractivity contribution in [2.75, 3.05) is 5.32 Å². The molecule has 3 aromatic heterocycles. The number of fused-ring (bicyclic) bond motifs is 2. The maximum atomic E-state index is 5.40. The molecule has 0 saturated heterocycles. The van der Waals surface area contributed by atoms with Crippen molar-refractivity contribution in [3.05, 3.63) is 36.3 Å². The second kappa shape index (κ2) is 5.10. The quantitative estimate of drug-likeness (QED) is 0.600. The van der Waals surface area contributed by atoms with Gasteiger partial charge in [0.05, 0.1) is 5.69 Å². The summed E-state index contributed by atoms with van der Waals surface area (Å²) in [4.78, 5) is 8.44. The van der Waals surface area contributed by atoms with Crippen molar-refractivity contribution in [1.82, 2.24) is 25.3 Å². The van der Waals surface area contributed by atoms with Gasteiger partial charge in [0.2, 0.25) is 0 Å². The van der Waals surface area contributed by atoms with Crippen molar-refractivity contribution in [1.29, 1.82) is 0 Å². The van der Waals surface area contributed by atoms with Crippen molar-refractivity contribution in [2.45, 2.75) is 19.8 Å². The normalized spacial score (nSPS) is 11.3. The van der Waals surface area contributed by atoms with Gasteiger partial charge >= 0.3 is 0 Å². The lowest BCUT2D eigenvalue weighted by molar-refractivity contribution is 0.445. The van der Waals surface area contributed by atoms with Crippen molar-refractivity contribution < 1.29 is 4.52 Å². The first-order valence-electron chi connectivity index (χ1n) is 7.15. The lowest BCUT2D eigenvalue weighted by Crippen LogP contribution is -1.92. The average Bonchev–Trinajstić information content (AvgIpc) is 3.13. The number of benzene rings is 1. The molecule has 0 aliphatic heterocycles. The van der Waals surface area contributed by atoms with Crippen LogP contribution in [0.4, 0.5) is 11.5 Å². The van der Waals surface area contributed by atoms with E-state index in [0.717, 1.165) is 35.2 Å². The first kappa shape index (κ1) is 12.8. The van der Waals surface area contributed by atoms with Crippen LogP contribution in [0.25, 0.3) is 22.1 Å². The van der Waals surface area contributed by atoms with E-state index >= 15 is 0 Å². The largest absolute Gasteiger partial charge is 0.356 e. The predicted octanol–water partition coefficient (Wildman–Crippen LogP) is 3.19. The lowest BCUT2D eigenvalue weighted by Gasteiger charge is -2.02. The Balaban J connectivity index is 1.69. The summed E-state index contributed by atoms with van der Waals surface area (Å²) >= 11 is 0. The predicted molar refractivity (Wildman–Crippen MR) is 83.0 cm³/mol. The van der Waals surface area contributed by atoms with Crippen LogP contribution in [0.1, 0.15) is 19.0 Å². The third-order valence-electron chi connectivity index (χ3n) is 3.49. The molecule has 0 amide bonds. The van der Waals surface area contributed by atoms with Gasteiger partial charge in [-0.3, -0.25) is 5.10 Å². The van der Waals surface area contributed by atoms with Crippen LogP contribution in [-0.2, 0) is 6.42 Å². The highest BCUT2D eigenvalue weighted by molar-refractivity contribution is 5.88. The Hall–Kier alpha value is -2.96. The van der Waals surface area contributed by atoms with Crippen molar-refractivity contribution >= 4 is 33.6 Å². The fraction of sp³-hybridized carbons (Fsp3) is 0.200. The van der Waals surface area contributed by atoms with Crippen molar-refractivity contribution in [3.8, 4) is 0 Å². The van der Waals surface area contributed by atoms with Crippen molar-refractivity contribution in [2.24, 2.45) is 0 Å². The molecule has 0 aliphatic carbocycles. The Morgan fingerprint density at radius 1 is 1.23 bits per heavy atom. The van der Waals surface area contributed by atoms with Gasteiger partial charge in [-0.25, -0.2) is 9.97 Å². The summed E-state index contributed by atoms with van der Waals surface area (Å²) in [5.74, 6) is 0.635. The Bertz CT molecular complexity index is 941. The number of rotatable bonds is 4. The molecule has 7 nitrogen and oxygen atoms in total. The smallest absolute Gasteiger partial charge is 0.180 e. The zero-order chi connectivity index (χ0) is 14.9. The molecule has 0 atom stereocenters. The van der Waals surface area contributed by atoms with Gasteiger partial charge < -0.3 is 9.84 Å². The van der Waals surface area contributed by atoms with Gasteiger partial charge in [0, 0.05) is 29.5 Å². The third-order valence-corrected chi connectivity index (χ3v) is 3.49. The van der Waals surface area contributed by atoms with E-state index in [1.54, 1.807) is 12.4 Å². The molecule has 110 valence electrons. The molecule has 0 unspecified atom stereocenters. The average molecular weight is 294 g/mol. The standard InChI is InChI=1S/C15H14N6O/c1-2-3-11-10-5-4-9(8-12(10)22-21-11)18-15-13-14(19-20-15)17-7-6-16-13/h4-8H,2-3H2,1H3,(H2,17,18,19,20). The van der Waals surface area contributed by atoms with Gasteiger partial charge in [0.15, 0.2) is 22.6 Å². The number of aryl methyl sites for hydroxylation is 1. The van der Waals surface area contributed by atoms with Gasteiger partial charge in [-0.15, -0.1) is 0 Å². The van der Waals surface area contributed by atoms with E-state index < -0.39 is 0 Å². The molecule has 0 fully saturated rings. The second-order valence-corrected chi connectivity index (χ2v) is 5.04. The molecule has 1 aromatic carbocycles. The molecule has 0 bridgehead atoms. The van der Waals surface area contributed by atoms with E-state index in [9.17, 15) is 0 Å².